The molecular weight excluding hydrogens is 304 g/mol. The third-order valence-electron chi connectivity index (χ3n) is 2.82. The summed E-state index contributed by atoms with van der Waals surface area (Å²) in [5, 5.41) is 13.8. The molecule has 2 N–H and O–H groups in total. The van der Waals surface area contributed by atoms with E-state index in [2.05, 4.69) is 10.6 Å². The number of hydrogen-bond acceptors (Lipinski definition) is 3. The Morgan fingerprint density at radius 1 is 1.13 bits per heavy atom. The maximum atomic E-state index is 13.0. The molecule has 0 atom stereocenters. The van der Waals surface area contributed by atoms with Crippen molar-refractivity contribution in [2.24, 2.45) is 0 Å². The number of nitrogens with one attached hydrogen (secondary N) is 2. The first kappa shape index (κ1) is 16.2. The monoisotopic (exact) mass is 317 g/mol. The summed E-state index contributed by atoms with van der Waals surface area (Å²) in [6.07, 6.45) is 0. The van der Waals surface area contributed by atoms with Gasteiger partial charge in [-0.2, -0.15) is 5.26 Å². The van der Waals surface area contributed by atoms with E-state index in [-0.39, 0.29) is 18.9 Å². The third-order valence-corrected chi connectivity index (χ3v) is 2.82. The number of carbonyl (C=O) groups excluding carboxylic acids is 1. The van der Waals surface area contributed by atoms with Gasteiger partial charge in [0.25, 0.3) is 0 Å². The summed E-state index contributed by atoms with van der Waals surface area (Å²) in [6, 6.07) is 11.1. The van der Waals surface area contributed by atoms with Gasteiger partial charge in [-0.25, -0.2) is 13.6 Å². The molecule has 2 aromatic rings. The number of ether oxygens (including phenoxy) is 1. The second-order valence-corrected chi connectivity index (χ2v) is 4.49. The molecule has 0 saturated carbocycles. The molecule has 0 heterocycles. The molecule has 118 valence electrons. The van der Waals surface area contributed by atoms with Crippen molar-refractivity contribution in [3.05, 3.63) is 59.7 Å². The van der Waals surface area contributed by atoms with Crippen LogP contribution in [-0.4, -0.2) is 19.2 Å². The smallest absolute Gasteiger partial charge is 0.319 e. The van der Waals surface area contributed by atoms with Gasteiger partial charge in [-0.05, 0) is 36.4 Å². The number of carbonyl (C=O) groups is 1. The van der Waals surface area contributed by atoms with Crippen LogP contribution in [0.5, 0.6) is 5.75 Å². The highest BCUT2D eigenvalue weighted by atomic mass is 19.2. The van der Waals surface area contributed by atoms with E-state index in [9.17, 15) is 13.6 Å². The Morgan fingerprint density at radius 3 is 2.52 bits per heavy atom. The van der Waals surface area contributed by atoms with Crippen molar-refractivity contribution in [1.29, 1.82) is 5.26 Å². The van der Waals surface area contributed by atoms with Crippen LogP contribution in [0.25, 0.3) is 0 Å². The van der Waals surface area contributed by atoms with Crippen molar-refractivity contribution >= 4 is 11.7 Å². The highest BCUT2D eigenvalue weighted by molar-refractivity contribution is 5.89. The Labute approximate surface area is 131 Å². The van der Waals surface area contributed by atoms with Gasteiger partial charge in [0.1, 0.15) is 12.4 Å². The van der Waals surface area contributed by atoms with Gasteiger partial charge in [0, 0.05) is 11.8 Å². The molecule has 0 aliphatic rings. The van der Waals surface area contributed by atoms with Crippen LogP contribution in [0, 0.1) is 23.0 Å². The lowest BCUT2D eigenvalue weighted by Crippen LogP contribution is -2.32. The third kappa shape index (κ3) is 4.97. The van der Waals surface area contributed by atoms with Crippen LogP contribution in [0.15, 0.2) is 42.5 Å². The summed E-state index contributed by atoms with van der Waals surface area (Å²) in [5.74, 6) is -1.76. The molecular formula is C16H13F2N3O2. The van der Waals surface area contributed by atoms with E-state index in [0.717, 1.165) is 12.1 Å². The molecule has 23 heavy (non-hydrogen) atoms. The molecule has 0 spiro atoms. The molecule has 0 aromatic heterocycles. The largest absolute Gasteiger partial charge is 0.492 e. The van der Waals surface area contributed by atoms with Crippen molar-refractivity contribution in [3.63, 3.8) is 0 Å². The van der Waals surface area contributed by atoms with Crippen molar-refractivity contribution in [2.45, 2.75) is 0 Å². The van der Waals surface area contributed by atoms with Crippen molar-refractivity contribution in [2.75, 3.05) is 18.5 Å². The Kier molecular flexibility index (Phi) is 5.47. The van der Waals surface area contributed by atoms with Gasteiger partial charge in [-0.3, -0.25) is 0 Å². The van der Waals surface area contributed by atoms with E-state index in [0.29, 0.717) is 11.3 Å². The van der Waals surface area contributed by atoms with E-state index in [1.165, 1.54) is 6.07 Å². The van der Waals surface area contributed by atoms with Crippen LogP contribution in [0.2, 0.25) is 0 Å². The van der Waals surface area contributed by atoms with E-state index in [4.69, 9.17) is 10.00 Å². The lowest BCUT2D eigenvalue weighted by Gasteiger charge is -2.09. The zero-order valence-electron chi connectivity index (χ0n) is 12.0. The Bertz CT molecular complexity index is 727. The van der Waals surface area contributed by atoms with Crippen molar-refractivity contribution < 1.29 is 18.3 Å². The summed E-state index contributed by atoms with van der Waals surface area (Å²) in [7, 11) is 0. The molecule has 0 unspecified atom stereocenters. The van der Waals surface area contributed by atoms with Gasteiger partial charge in [0.2, 0.25) is 0 Å². The number of anilines is 1. The van der Waals surface area contributed by atoms with Gasteiger partial charge >= 0.3 is 6.03 Å². The summed E-state index contributed by atoms with van der Waals surface area (Å²) in [6.45, 7) is 0.285. The zero-order chi connectivity index (χ0) is 16.7. The molecule has 2 rings (SSSR count). The summed E-state index contributed by atoms with van der Waals surface area (Å²) < 4.78 is 30.9. The summed E-state index contributed by atoms with van der Waals surface area (Å²) in [5.41, 5.74) is 1.04. The molecule has 5 nitrogen and oxygen atoms in total. The molecule has 2 amide bonds. The topological polar surface area (TPSA) is 74.2 Å². The Morgan fingerprint density at radius 2 is 1.87 bits per heavy atom. The Hall–Kier alpha value is -3.14. The second-order valence-electron chi connectivity index (χ2n) is 4.49. The lowest BCUT2D eigenvalue weighted by molar-refractivity contribution is 0.247. The molecule has 0 fully saturated rings. The van der Waals surface area contributed by atoms with E-state index >= 15 is 0 Å². The maximum Gasteiger partial charge on any atom is 0.319 e. The molecule has 7 heteroatoms. The van der Waals surface area contributed by atoms with Crippen LogP contribution in [0.1, 0.15) is 5.56 Å². The zero-order valence-corrected chi connectivity index (χ0v) is 12.0. The minimum atomic E-state index is -0.992. The number of nitriles is 1. The molecule has 0 radical (unpaired) electrons. The first-order valence-electron chi connectivity index (χ1n) is 6.71. The quantitative estimate of drug-likeness (QED) is 0.832. The van der Waals surface area contributed by atoms with Crippen molar-refractivity contribution in [3.8, 4) is 11.8 Å². The molecule has 0 aliphatic carbocycles. The minimum absolute atomic E-state index is 0.103. The van der Waals surface area contributed by atoms with Crippen LogP contribution in [0.3, 0.4) is 0 Å². The van der Waals surface area contributed by atoms with Crippen molar-refractivity contribution in [1.82, 2.24) is 5.32 Å². The predicted octanol–water partition coefficient (Wildman–Crippen LogP) is 3.04. The standard InChI is InChI=1S/C16H13F2N3O2/c17-14-6-5-13(9-15(14)18)23-8-7-20-16(22)21-12-3-1-11(10-19)2-4-12/h1-6,9H,7-8H2,(H2,20,21,22). The molecule has 0 bridgehead atoms. The number of benzene rings is 2. The van der Waals surface area contributed by atoms with Gasteiger partial charge in [-0.15, -0.1) is 0 Å². The average molecular weight is 317 g/mol. The molecule has 2 aromatic carbocycles. The number of amides is 2. The first-order valence-corrected chi connectivity index (χ1v) is 6.71. The van der Waals surface area contributed by atoms with E-state index in [1.54, 1.807) is 24.3 Å². The summed E-state index contributed by atoms with van der Waals surface area (Å²) in [4.78, 5) is 11.6. The van der Waals surface area contributed by atoms with Crippen LogP contribution in [-0.2, 0) is 0 Å². The fraction of sp³-hybridized carbons (Fsp3) is 0.125. The highest BCUT2D eigenvalue weighted by Crippen LogP contribution is 2.15. The summed E-state index contributed by atoms with van der Waals surface area (Å²) >= 11 is 0. The van der Waals surface area contributed by atoms with E-state index in [1.807, 2.05) is 6.07 Å². The lowest BCUT2D eigenvalue weighted by atomic mass is 10.2. The maximum absolute atomic E-state index is 13.0. The van der Waals surface area contributed by atoms with E-state index < -0.39 is 17.7 Å². The normalized spacial score (nSPS) is 9.78. The fourth-order valence-electron chi connectivity index (χ4n) is 1.70. The average Bonchev–Trinajstić information content (AvgIpc) is 2.55. The Balaban J connectivity index is 1.72. The first-order chi connectivity index (χ1) is 11.1. The van der Waals surface area contributed by atoms with Crippen LogP contribution in [0.4, 0.5) is 19.3 Å². The van der Waals surface area contributed by atoms with Crippen LogP contribution < -0.4 is 15.4 Å². The van der Waals surface area contributed by atoms with Gasteiger partial charge in [0.05, 0.1) is 18.2 Å². The van der Waals surface area contributed by atoms with Gasteiger partial charge in [0.15, 0.2) is 11.6 Å². The minimum Gasteiger partial charge on any atom is -0.492 e. The van der Waals surface area contributed by atoms with Gasteiger partial charge in [-0.1, -0.05) is 0 Å². The fourth-order valence-corrected chi connectivity index (χ4v) is 1.70. The number of rotatable bonds is 5. The molecule has 0 saturated heterocycles. The predicted molar refractivity (Wildman–Crippen MR) is 80.0 cm³/mol. The SMILES string of the molecule is N#Cc1ccc(NC(=O)NCCOc2ccc(F)c(F)c2)cc1. The number of nitrogens with zero attached hydrogens (tertiary/aromatic N) is 1. The van der Waals surface area contributed by atoms with Gasteiger partial charge < -0.3 is 15.4 Å². The number of hydrogen-bond donors (Lipinski definition) is 2. The highest BCUT2D eigenvalue weighted by Gasteiger charge is 2.04. The number of halogens is 2. The number of urea groups is 1. The second kappa shape index (κ2) is 7.75. The van der Waals surface area contributed by atoms with Crippen LogP contribution >= 0.6 is 0 Å². The molecule has 0 aliphatic heterocycles.